The zero-order chi connectivity index (χ0) is 27.0. The summed E-state index contributed by atoms with van der Waals surface area (Å²) in [5, 5.41) is 12.2. The van der Waals surface area contributed by atoms with Crippen molar-refractivity contribution in [2.24, 2.45) is 0 Å². The fraction of sp³-hybridized carbons (Fsp3) is 0.364. The first-order valence-corrected chi connectivity index (χ1v) is 10.9. The van der Waals surface area contributed by atoms with Crippen molar-refractivity contribution in [2.45, 2.75) is 31.5 Å². The van der Waals surface area contributed by atoms with Gasteiger partial charge in [0.15, 0.2) is 5.65 Å². The van der Waals surface area contributed by atoms with Crippen LogP contribution in [0.1, 0.15) is 18.4 Å². The molecule has 2 aromatic heterocycles. The van der Waals surface area contributed by atoms with Crippen LogP contribution in [0.5, 0.6) is 0 Å². The summed E-state index contributed by atoms with van der Waals surface area (Å²) < 4.78 is 82.7. The van der Waals surface area contributed by atoms with Gasteiger partial charge in [-0.2, -0.15) is 36.3 Å². The number of fused-ring (bicyclic) bond motifs is 1. The van der Waals surface area contributed by atoms with Gasteiger partial charge in [-0.05, 0) is 37.1 Å². The molecule has 0 amide bonds. The van der Waals surface area contributed by atoms with Gasteiger partial charge in [-0.3, -0.25) is 0 Å². The smallest absolute Gasteiger partial charge is 0.427 e. The number of pyridine rings is 1. The van der Waals surface area contributed by atoms with Crippen molar-refractivity contribution in [1.82, 2.24) is 15.0 Å². The second kappa shape index (κ2) is 9.88. The van der Waals surface area contributed by atoms with Crippen LogP contribution in [-0.4, -0.2) is 58.1 Å². The largest absolute Gasteiger partial charge is 0.491 e. The molecule has 1 atom stereocenters. The Hall–Kier alpha value is -3.88. The lowest BCUT2D eigenvalue weighted by Crippen LogP contribution is -2.33. The van der Waals surface area contributed by atoms with Crippen LogP contribution in [-0.2, 0) is 15.7 Å². The van der Waals surface area contributed by atoms with Crippen molar-refractivity contribution in [2.75, 3.05) is 35.6 Å². The topological polar surface area (TPSA) is 126 Å². The minimum atomic E-state index is -5.30. The number of anilines is 3. The zero-order valence-corrected chi connectivity index (χ0v) is 18.9. The summed E-state index contributed by atoms with van der Waals surface area (Å²) in [5.74, 6) is -3.02. The first-order chi connectivity index (χ1) is 17.3. The van der Waals surface area contributed by atoms with Crippen molar-refractivity contribution < 1.29 is 41.0 Å². The number of carbonyl (C=O) groups excluding carboxylic acids is 1. The molecule has 37 heavy (non-hydrogen) atoms. The molecule has 1 aliphatic heterocycles. The maximum Gasteiger partial charge on any atom is 0.491 e. The Bertz CT molecular complexity index is 1310. The highest BCUT2D eigenvalue weighted by atomic mass is 19.4. The van der Waals surface area contributed by atoms with Gasteiger partial charge < -0.3 is 25.8 Å². The summed E-state index contributed by atoms with van der Waals surface area (Å²) in [4.78, 5) is 24.9. The molecule has 0 radical (unpaired) electrons. The summed E-state index contributed by atoms with van der Waals surface area (Å²) >= 11 is 0. The van der Waals surface area contributed by atoms with Crippen LogP contribution in [0.15, 0.2) is 30.3 Å². The molecule has 3 heterocycles. The maximum absolute atomic E-state index is 14.0. The van der Waals surface area contributed by atoms with Gasteiger partial charge in [-0.1, -0.05) is 6.07 Å². The second-order valence-electron chi connectivity index (χ2n) is 8.13. The predicted octanol–water partition coefficient (Wildman–Crippen LogP) is 3.73. The number of nitrogens with one attached hydrogen (secondary N) is 1. The van der Waals surface area contributed by atoms with E-state index in [1.54, 1.807) is 6.07 Å². The Balaban J connectivity index is 1.70. The van der Waals surface area contributed by atoms with Gasteiger partial charge in [0.2, 0.25) is 12.2 Å². The first-order valence-electron chi connectivity index (χ1n) is 10.9. The molecule has 198 valence electrons. The first kappa shape index (κ1) is 26.2. The minimum Gasteiger partial charge on any atom is -0.427 e. The molecule has 15 heteroatoms. The van der Waals surface area contributed by atoms with E-state index < -0.39 is 36.7 Å². The molecule has 1 saturated heterocycles. The van der Waals surface area contributed by atoms with Gasteiger partial charge in [-0.15, -0.1) is 0 Å². The Morgan fingerprint density at radius 2 is 1.78 bits per heavy atom. The Labute approximate surface area is 205 Å². The van der Waals surface area contributed by atoms with E-state index in [9.17, 15) is 36.2 Å². The highest BCUT2D eigenvalue weighted by molar-refractivity contribution is 5.91. The maximum atomic E-state index is 14.0. The standard InChI is InChI=1S/C22H20F6N6O3/c23-21(24,25)12-4-3-5-14(34-8-1-2-9-34)16(12)13-7-6-11-17(32-20(29)33-18(11)31-13)30-10-15(35)37-19(36)22(26,27)28/h3-7,15,35H,1-2,8-10H2,(H3,29,30,31,32,33). The fourth-order valence-corrected chi connectivity index (χ4v) is 3.98. The van der Waals surface area contributed by atoms with Gasteiger partial charge in [0, 0.05) is 24.3 Å². The van der Waals surface area contributed by atoms with Crippen LogP contribution in [0.25, 0.3) is 22.3 Å². The molecular formula is C22H20F6N6O3. The lowest BCUT2D eigenvalue weighted by molar-refractivity contribution is -0.217. The van der Waals surface area contributed by atoms with E-state index >= 15 is 0 Å². The predicted molar refractivity (Wildman–Crippen MR) is 120 cm³/mol. The van der Waals surface area contributed by atoms with E-state index in [0.29, 0.717) is 18.8 Å². The third kappa shape index (κ3) is 5.76. The van der Waals surface area contributed by atoms with Crippen molar-refractivity contribution >= 4 is 34.5 Å². The summed E-state index contributed by atoms with van der Waals surface area (Å²) in [5.41, 5.74) is 4.95. The third-order valence-corrected chi connectivity index (χ3v) is 5.55. The Morgan fingerprint density at radius 3 is 2.43 bits per heavy atom. The van der Waals surface area contributed by atoms with Crippen molar-refractivity contribution in [3.63, 3.8) is 0 Å². The van der Waals surface area contributed by atoms with E-state index in [-0.39, 0.29) is 34.1 Å². The summed E-state index contributed by atoms with van der Waals surface area (Å²) in [6.45, 7) is 0.476. The number of nitrogen functional groups attached to an aromatic ring is 1. The van der Waals surface area contributed by atoms with E-state index in [1.807, 2.05) is 4.90 Å². The number of aromatic nitrogens is 3. The van der Waals surface area contributed by atoms with E-state index in [1.165, 1.54) is 18.2 Å². The second-order valence-corrected chi connectivity index (χ2v) is 8.13. The Morgan fingerprint density at radius 1 is 1.08 bits per heavy atom. The van der Waals surface area contributed by atoms with Crippen LogP contribution in [0.3, 0.4) is 0 Å². The molecule has 4 N–H and O–H groups in total. The summed E-state index contributed by atoms with van der Waals surface area (Å²) in [7, 11) is 0. The number of aliphatic hydroxyl groups is 1. The number of rotatable bonds is 6. The minimum absolute atomic E-state index is 0.0227. The van der Waals surface area contributed by atoms with Crippen LogP contribution in [0, 0.1) is 0 Å². The number of nitrogens with zero attached hydrogens (tertiary/aromatic N) is 4. The number of carbonyl (C=O) groups is 1. The lowest BCUT2D eigenvalue weighted by Gasteiger charge is -2.24. The monoisotopic (exact) mass is 530 g/mol. The molecule has 1 fully saturated rings. The number of hydrogen-bond acceptors (Lipinski definition) is 9. The van der Waals surface area contributed by atoms with Gasteiger partial charge >= 0.3 is 18.3 Å². The highest BCUT2D eigenvalue weighted by Gasteiger charge is 2.42. The third-order valence-electron chi connectivity index (χ3n) is 5.55. The number of hydrogen-bond donors (Lipinski definition) is 3. The quantitative estimate of drug-likeness (QED) is 0.248. The van der Waals surface area contributed by atoms with Gasteiger partial charge in [0.25, 0.3) is 0 Å². The molecule has 1 aliphatic rings. The van der Waals surface area contributed by atoms with Crippen molar-refractivity contribution in [3.05, 3.63) is 35.9 Å². The van der Waals surface area contributed by atoms with E-state index in [4.69, 9.17) is 5.73 Å². The SMILES string of the molecule is Nc1nc(NCC(O)OC(=O)C(F)(F)F)c2ccc(-c3c(N4CCCC4)cccc3C(F)(F)F)nc2n1. The molecule has 0 saturated carbocycles. The van der Waals surface area contributed by atoms with Gasteiger partial charge in [0.05, 0.1) is 23.2 Å². The van der Waals surface area contributed by atoms with Crippen LogP contribution >= 0.6 is 0 Å². The molecule has 0 spiro atoms. The Kier molecular flexibility index (Phi) is 6.99. The number of benzene rings is 1. The number of aliphatic hydroxyl groups excluding tert-OH is 1. The average molecular weight is 530 g/mol. The molecule has 0 aliphatic carbocycles. The van der Waals surface area contributed by atoms with Crippen molar-refractivity contribution in [3.8, 4) is 11.3 Å². The van der Waals surface area contributed by atoms with Crippen LogP contribution in [0.2, 0.25) is 0 Å². The van der Waals surface area contributed by atoms with Crippen LogP contribution in [0.4, 0.5) is 43.8 Å². The number of esters is 1. The molecule has 0 bridgehead atoms. The molecule has 1 aromatic carbocycles. The zero-order valence-electron chi connectivity index (χ0n) is 18.9. The van der Waals surface area contributed by atoms with E-state index in [2.05, 4.69) is 25.0 Å². The molecule has 4 rings (SSSR count). The fourth-order valence-electron chi connectivity index (χ4n) is 3.98. The molecule has 9 nitrogen and oxygen atoms in total. The van der Waals surface area contributed by atoms with Crippen molar-refractivity contribution in [1.29, 1.82) is 0 Å². The average Bonchev–Trinajstić information content (AvgIpc) is 3.35. The number of nitrogens with two attached hydrogens (primary N) is 1. The van der Waals surface area contributed by atoms with Gasteiger partial charge in [-0.25, -0.2) is 9.78 Å². The number of ether oxygens (including phenoxy) is 1. The number of alkyl halides is 6. The van der Waals surface area contributed by atoms with E-state index in [0.717, 1.165) is 18.9 Å². The number of halogens is 6. The molecule has 3 aromatic rings. The van der Waals surface area contributed by atoms with Gasteiger partial charge in [0.1, 0.15) is 5.82 Å². The molecule has 1 unspecified atom stereocenters. The molecular weight excluding hydrogens is 510 g/mol. The van der Waals surface area contributed by atoms with Crippen LogP contribution < -0.4 is 16.0 Å². The normalized spacial score (nSPS) is 15.2. The summed E-state index contributed by atoms with van der Waals surface area (Å²) in [6.07, 6.45) is -10.5. The highest BCUT2D eigenvalue weighted by Crippen LogP contribution is 2.43. The lowest BCUT2D eigenvalue weighted by atomic mass is 10.00. The summed E-state index contributed by atoms with van der Waals surface area (Å²) in [6, 6.07) is 6.59.